The average molecular weight is 428 g/mol. The first-order valence-electron chi connectivity index (χ1n) is 11.0. The number of nitrogens with one attached hydrogen (secondary N) is 1. The quantitative estimate of drug-likeness (QED) is 0.251. The zero-order chi connectivity index (χ0) is 22.5. The number of aryl methyl sites for hydroxylation is 1. The number of hydrogen-bond donors (Lipinski definition) is 2. The van der Waals surface area contributed by atoms with Crippen molar-refractivity contribution in [2.45, 2.75) is 58.8 Å². The van der Waals surface area contributed by atoms with Crippen LogP contribution in [-0.4, -0.2) is 30.2 Å². The predicted molar refractivity (Wildman–Crippen MR) is 122 cm³/mol. The van der Waals surface area contributed by atoms with Gasteiger partial charge in [-0.05, 0) is 55.7 Å². The molecule has 2 N–H and O–H groups in total. The van der Waals surface area contributed by atoms with Crippen molar-refractivity contribution >= 4 is 17.6 Å². The zero-order valence-electron chi connectivity index (χ0n) is 18.5. The van der Waals surface area contributed by atoms with Gasteiger partial charge >= 0.3 is 5.97 Å². The number of unbranched alkanes of at least 4 members (excludes halogenated alkanes) is 4. The molecule has 2 aromatic rings. The molecule has 0 fully saturated rings. The fourth-order valence-electron chi connectivity index (χ4n) is 3.14. The van der Waals surface area contributed by atoms with E-state index in [1.807, 2.05) is 6.07 Å². The molecule has 168 valence electrons. The third kappa shape index (κ3) is 8.70. The number of amides is 1. The fraction of sp³-hybridized carbons (Fsp3) is 0.440. The fourth-order valence-corrected chi connectivity index (χ4v) is 3.14. The number of carbonyl (C=O) groups excluding carboxylic acids is 2. The molecule has 2 aromatic carbocycles. The minimum atomic E-state index is -0.341. The summed E-state index contributed by atoms with van der Waals surface area (Å²) in [6.45, 7) is 4.92. The summed E-state index contributed by atoms with van der Waals surface area (Å²) in [5.41, 5.74) is 1.56. The van der Waals surface area contributed by atoms with Crippen molar-refractivity contribution in [3.05, 3.63) is 53.6 Å². The van der Waals surface area contributed by atoms with Crippen LogP contribution in [0, 0.1) is 0 Å². The van der Waals surface area contributed by atoms with Gasteiger partial charge in [-0.25, -0.2) is 0 Å². The summed E-state index contributed by atoms with van der Waals surface area (Å²) in [6.07, 6.45) is 6.50. The maximum atomic E-state index is 12.7. The highest BCUT2D eigenvalue weighted by Gasteiger charge is 2.12. The largest absolute Gasteiger partial charge is 0.506 e. The van der Waals surface area contributed by atoms with Crippen LogP contribution in [0.1, 0.15) is 68.3 Å². The molecule has 0 heterocycles. The molecule has 0 atom stereocenters. The highest BCUT2D eigenvalue weighted by molar-refractivity contribution is 6.05. The number of phenols is 1. The maximum absolute atomic E-state index is 12.7. The van der Waals surface area contributed by atoms with Crippen molar-refractivity contribution in [1.29, 1.82) is 0 Å². The van der Waals surface area contributed by atoms with Gasteiger partial charge in [-0.15, -0.1) is 0 Å². The van der Waals surface area contributed by atoms with E-state index >= 15 is 0 Å². The second-order valence-electron chi connectivity index (χ2n) is 7.40. The van der Waals surface area contributed by atoms with Crippen molar-refractivity contribution in [2.75, 3.05) is 18.5 Å². The summed E-state index contributed by atoms with van der Waals surface area (Å²) in [5, 5.41) is 12.9. The van der Waals surface area contributed by atoms with Gasteiger partial charge in [0.1, 0.15) is 11.5 Å². The van der Waals surface area contributed by atoms with Crippen LogP contribution in [0.15, 0.2) is 42.5 Å². The number of esters is 1. The van der Waals surface area contributed by atoms with Gasteiger partial charge in [0.05, 0.1) is 18.9 Å². The molecular formula is C25H33NO5. The average Bonchev–Trinajstić information content (AvgIpc) is 2.77. The van der Waals surface area contributed by atoms with Crippen LogP contribution < -0.4 is 10.1 Å². The molecule has 0 spiro atoms. The standard InChI is InChI=1S/C25H33NO5/c1-3-5-6-7-8-16-31-21-11-9-10-20(18-21)25(29)26-22-17-19(12-14-23(22)27)13-15-24(28)30-4-2/h9-12,14,17-18,27H,3-8,13,15-16H2,1-2H3,(H,26,29). The summed E-state index contributed by atoms with van der Waals surface area (Å²) >= 11 is 0. The molecule has 1 amide bonds. The van der Waals surface area contributed by atoms with E-state index in [0.717, 1.165) is 18.4 Å². The normalized spacial score (nSPS) is 10.5. The number of carbonyl (C=O) groups is 2. The van der Waals surface area contributed by atoms with E-state index in [9.17, 15) is 14.7 Å². The number of benzene rings is 2. The van der Waals surface area contributed by atoms with Crippen LogP contribution in [0.3, 0.4) is 0 Å². The van der Waals surface area contributed by atoms with E-state index in [-0.39, 0.29) is 24.0 Å². The first-order chi connectivity index (χ1) is 15.0. The summed E-state index contributed by atoms with van der Waals surface area (Å²) in [4.78, 5) is 24.2. The third-order valence-electron chi connectivity index (χ3n) is 4.85. The summed E-state index contributed by atoms with van der Waals surface area (Å²) < 4.78 is 10.7. The lowest BCUT2D eigenvalue weighted by atomic mass is 10.1. The molecule has 0 aliphatic heterocycles. The maximum Gasteiger partial charge on any atom is 0.306 e. The minimum absolute atomic E-state index is 0.0345. The summed E-state index contributed by atoms with van der Waals surface area (Å²) in [5.74, 6) is -0.00199. The van der Waals surface area contributed by atoms with Crippen molar-refractivity contribution in [3.63, 3.8) is 0 Å². The van der Waals surface area contributed by atoms with Crippen LogP contribution in [0.25, 0.3) is 0 Å². The van der Waals surface area contributed by atoms with Gasteiger partial charge in [0.15, 0.2) is 0 Å². The minimum Gasteiger partial charge on any atom is -0.506 e. The Hall–Kier alpha value is -3.02. The number of ether oxygens (including phenoxy) is 2. The Bertz CT molecular complexity index is 850. The van der Waals surface area contributed by atoms with E-state index < -0.39 is 0 Å². The van der Waals surface area contributed by atoms with Gasteiger partial charge in [0.25, 0.3) is 5.91 Å². The van der Waals surface area contributed by atoms with Crippen LogP contribution in [0.2, 0.25) is 0 Å². The van der Waals surface area contributed by atoms with E-state index in [1.165, 1.54) is 25.3 Å². The first-order valence-corrected chi connectivity index (χ1v) is 11.0. The lowest BCUT2D eigenvalue weighted by Crippen LogP contribution is -2.12. The van der Waals surface area contributed by atoms with E-state index in [2.05, 4.69) is 12.2 Å². The van der Waals surface area contributed by atoms with Crippen LogP contribution in [0.4, 0.5) is 5.69 Å². The van der Waals surface area contributed by atoms with E-state index in [1.54, 1.807) is 37.3 Å². The highest BCUT2D eigenvalue weighted by atomic mass is 16.5. The predicted octanol–water partition coefficient (Wildman–Crippen LogP) is 5.49. The number of rotatable bonds is 13. The molecule has 0 saturated heterocycles. The molecule has 0 aliphatic rings. The second kappa shape index (κ2) is 13.3. The van der Waals surface area contributed by atoms with Crippen molar-refractivity contribution in [2.24, 2.45) is 0 Å². The van der Waals surface area contributed by atoms with Crippen molar-refractivity contribution in [1.82, 2.24) is 0 Å². The lowest BCUT2D eigenvalue weighted by molar-refractivity contribution is -0.143. The van der Waals surface area contributed by atoms with Gasteiger partial charge in [0, 0.05) is 12.0 Å². The topological polar surface area (TPSA) is 84.9 Å². The number of aromatic hydroxyl groups is 1. The van der Waals surface area contributed by atoms with Crippen molar-refractivity contribution in [3.8, 4) is 11.5 Å². The number of anilines is 1. The molecule has 0 aromatic heterocycles. The summed E-state index contributed by atoms with van der Waals surface area (Å²) in [7, 11) is 0. The number of phenolic OH excluding ortho intramolecular Hbond substituents is 1. The number of hydrogen-bond acceptors (Lipinski definition) is 5. The molecule has 6 nitrogen and oxygen atoms in total. The molecule has 31 heavy (non-hydrogen) atoms. The van der Waals surface area contributed by atoms with Gasteiger partial charge < -0.3 is 19.9 Å². The Balaban J connectivity index is 1.93. The first kappa shape index (κ1) is 24.3. The van der Waals surface area contributed by atoms with Crippen LogP contribution >= 0.6 is 0 Å². The van der Waals surface area contributed by atoms with Gasteiger partial charge in [-0.3, -0.25) is 9.59 Å². The second-order valence-corrected chi connectivity index (χ2v) is 7.40. The Labute approximate surface area is 184 Å². The molecular weight excluding hydrogens is 394 g/mol. The zero-order valence-corrected chi connectivity index (χ0v) is 18.5. The smallest absolute Gasteiger partial charge is 0.306 e. The molecule has 2 rings (SSSR count). The Morgan fingerprint density at radius 2 is 1.81 bits per heavy atom. The summed E-state index contributed by atoms with van der Waals surface area (Å²) in [6, 6.07) is 11.9. The Morgan fingerprint density at radius 1 is 1.00 bits per heavy atom. The van der Waals surface area contributed by atoms with Gasteiger partial charge in [0.2, 0.25) is 0 Å². The molecule has 0 bridgehead atoms. The van der Waals surface area contributed by atoms with Crippen molar-refractivity contribution < 1.29 is 24.2 Å². The van der Waals surface area contributed by atoms with Gasteiger partial charge in [-0.1, -0.05) is 44.7 Å². The molecule has 0 radical (unpaired) electrons. The SMILES string of the molecule is CCCCCCCOc1cccc(C(=O)Nc2cc(CCC(=O)OCC)ccc2O)c1. The monoisotopic (exact) mass is 427 g/mol. The molecule has 0 saturated carbocycles. The highest BCUT2D eigenvalue weighted by Crippen LogP contribution is 2.26. The van der Waals surface area contributed by atoms with Crippen LogP contribution in [0.5, 0.6) is 11.5 Å². The molecule has 0 unspecified atom stereocenters. The van der Waals surface area contributed by atoms with Gasteiger partial charge in [-0.2, -0.15) is 0 Å². The third-order valence-corrected chi connectivity index (χ3v) is 4.85. The van der Waals surface area contributed by atoms with E-state index in [4.69, 9.17) is 9.47 Å². The van der Waals surface area contributed by atoms with E-state index in [0.29, 0.717) is 36.6 Å². The Kier molecular flexibility index (Phi) is 10.4. The van der Waals surface area contributed by atoms with Crippen LogP contribution in [-0.2, 0) is 16.0 Å². The molecule has 6 heteroatoms. The Morgan fingerprint density at radius 3 is 2.58 bits per heavy atom. The lowest BCUT2D eigenvalue weighted by Gasteiger charge is -2.11. The molecule has 0 aliphatic carbocycles.